The van der Waals surface area contributed by atoms with E-state index in [1.807, 2.05) is 6.92 Å². The molecule has 0 spiro atoms. The Bertz CT molecular complexity index is 972. The van der Waals surface area contributed by atoms with Crippen molar-refractivity contribution < 1.29 is 27.6 Å². The van der Waals surface area contributed by atoms with Crippen LogP contribution in [0.25, 0.3) is 0 Å². The van der Waals surface area contributed by atoms with E-state index in [2.05, 4.69) is 10.6 Å². The molecular formula is C23H26F3N3O3. The minimum atomic E-state index is -4.63. The molecule has 0 bridgehead atoms. The third-order valence-corrected chi connectivity index (χ3v) is 4.80. The molecule has 2 aromatic carbocycles. The summed E-state index contributed by atoms with van der Waals surface area (Å²) in [6.45, 7) is 4.89. The number of amides is 3. The van der Waals surface area contributed by atoms with Crippen molar-refractivity contribution in [2.24, 2.45) is 5.92 Å². The standard InChI is InChI=1S/C23H26F3N3O3/c1-14(2)20(28-21(31)16-11-9-15(3)10-12-16)22(32)29(4)13-19(30)27-18-8-6-5-7-17(18)23(24,25)26/h5-12,14,20H,13H2,1-4H3,(H,27,30)(H,28,31)/t20-/m0/s1. The Hall–Kier alpha value is -3.36. The number of likely N-dealkylation sites (N-methyl/N-ethyl adjacent to an activating group) is 1. The molecule has 172 valence electrons. The summed E-state index contributed by atoms with van der Waals surface area (Å²) in [5.74, 6) is -2.04. The molecule has 0 fully saturated rings. The van der Waals surface area contributed by atoms with E-state index in [0.29, 0.717) is 5.56 Å². The van der Waals surface area contributed by atoms with Crippen LogP contribution in [0, 0.1) is 12.8 Å². The van der Waals surface area contributed by atoms with Gasteiger partial charge in [-0.15, -0.1) is 0 Å². The average Bonchev–Trinajstić information content (AvgIpc) is 2.71. The monoisotopic (exact) mass is 449 g/mol. The molecule has 0 heterocycles. The third-order valence-electron chi connectivity index (χ3n) is 4.80. The van der Waals surface area contributed by atoms with Gasteiger partial charge in [-0.2, -0.15) is 13.2 Å². The molecule has 0 aliphatic carbocycles. The average molecular weight is 449 g/mol. The number of para-hydroxylation sites is 1. The molecule has 1 atom stereocenters. The second kappa shape index (κ2) is 10.3. The van der Waals surface area contributed by atoms with Crippen LogP contribution < -0.4 is 10.6 Å². The molecule has 0 saturated carbocycles. The van der Waals surface area contributed by atoms with E-state index in [-0.39, 0.29) is 11.6 Å². The highest BCUT2D eigenvalue weighted by atomic mass is 19.4. The van der Waals surface area contributed by atoms with Crippen LogP contribution in [0.2, 0.25) is 0 Å². The molecule has 2 N–H and O–H groups in total. The fourth-order valence-corrected chi connectivity index (χ4v) is 3.00. The molecule has 0 aliphatic heterocycles. The zero-order valence-corrected chi connectivity index (χ0v) is 18.3. The van der Waals surface area contributed by atoms with Crippen LogP contribution in [0.5, 0.6) is 0 Å². The van der Waals surface area contributed by atoms with Gasteiger partial charge in [0.25, 0.3) is 5.91 Å². The van der Waals surface area contributed by atoms with Gasteiger partial charge in [-0.1, -0.05) is 43.7 Å². The lowest BCUT2D eigenvalue weighted by molar-refractivity contribution is -0.137. The molecule has 0 aliphatic rings. The highest BCUT2D eigenvalue weighted by Gasteiger charge is 2.34. The number of hydrogen-bond acceptors (Lipinski definition) is 3. The first-order valence-corrected chi connectivity index (χ1v) is 9.98. The summed E-state index contributed by atoms with van der Waals surface area (Å²) in [6, 6.07) is 10.5. The lowest BCUT2D eigenvalue weighted by Crippen LogP contribution is -2.51. The predicted molar refractivity (Wildman–Crippen MR) is 115 cm³/mol. The number of halogens is 3. The number of carbonyl (C=O) groups is 3. The number of nitrogens with zero attached hydrogens (tertiary/aromatic N) is 1. The first-order chi connectivity index (χ1) is 14.9. The summed E-state index contributed by atoms with van der Waals surface area (Å²) in [4.78, 5) is 38.8. The number of alkyl halides is 3. The number of aryl methyl sites for hydroxylation is 1. The Balaban J connectivity index is 2.06. The lowest BCUT2D eigenvalue weighted by Gasteiger charge is -2.27. The molecule has 2 rings (SSSR count). The fraction of sp³-hybridized carbons (Fsp3) is 0.348. The van der Waals surface area contributed by atoms with Crippen LogP contribution in [0.3, 0.4) is 0 Å². The summed E-state index contributed by atoms with van der Waals surface area (Å²) in [6.07, 6.45) is -4.63. The lowest BCUT2D eigenvalue weighted by atomic mass is 10.0. The zero-order chi connectivity index (χ0) is 24.1. The Labute approximate surface area is 184 Å². The summed E-state index contributed by atoms with van der Waals surface area (Å²) >= 11 is 0. The van der Waals surface area contributed by atoms with E-state index in [1.165, 1.54) is 19.2 Å². The van der Waals surface area contributed by atoms with Crippen molar-refractivity contribution in [3.8, 4) is 0 Å². The van der Waals surface area contributed by atoms with Crippen molar-refractivity contribution in [2.45, 2.75) is 33.0 Å². The minimum absolute atomic E-state index is 0.284. The Morgan fingerprint density at radius 2 is 1.59 bits per heavy atom. The van der Waals surface area contributed by atoms with E-state index in [1.54, 1.807) is 38.1 Å². The highest BCUT2D eigenvalue weighted by molar-refractivity contribution is 5.99. The normalized spacial score (nSPS) is 12.2. The number of anilines is 1. The molecule has 6 nitrogen and oxygen atoms in total. The number of carbonyl (C=O) groups excluding carboxylic acids is 3. The Morgan fingerprint density at radius 1 is 1.00 bits per heavy atom. The van der Waals surface area contributed by atoms with Gasteiger partial charge in [-0.3, -0.25) is 14.4 Å². The smallest absolute Gasteiger partial charge is 0.340 e. The van der Waals surface area contributed by atoms with Crippen LogP contribution >= 0.6 is 0 Å². The van der Waals surface area contributed by atoms with Crippen molar-refractivity contribution in [1.29, 1.82) is 0 Å². The van der Waals surface area contributed by atoms with Crippen molar-refractivity contribution in [3.63, 3.8) is 0 Å². The number of rotatable bonds is 7. The molecular weight excluding hydrogens is 423 g/mol. The summed E-state index contributed by atoms with van der Waals surface area (Å²) in [5, 5.41) is 4.88. The van der Waals surface area contributed by atoms with Crippen LogP contribution in [-0.4, -0.2) is 42.3 Å². The molecule has 0 unspecified atom stereocenters. The molecule has 2 aromatic rings. The highest BCUT2D eigenvalue weighted by Crippen LogP contribution is 2.34. The van der Waals surface area contributed by atoms with Gasteiger partial charge < -0.3 is 15.5 Å². The van der Waals surface area contributed by atoms with Gasteiger partial charge in [0, 0.05) is 12.6 Å². The minimum Gasteiger partial charge on any atom is -0.340 e. The first-order valence-electron chi connectivity index (χ1n) is 9.98. The van der Waals surface area contributed by atoms with Gasteiger partial charge in [-0.05, 0) is 37.1 Å². The van der Waals surface area contributed by atoms with E-state index < -0.39 is 42.0 Å². The molecule has 32 heavy (non-hydrogen) atoms. The van der Waals surface area contributed by atoms with Crippen molar-refractivity contribution in [1.82, 2.24) is 10.2 Å². The van der Waals surface area contributed by atoms with Crippen LogP contribution in [-0.2, 0) is 15.8 Å². The van der Waals surface area contributed by atoms with Crippen LogP contribution in [0.1, 0.15) is 35.3 Å². The maximum Gasteiger partial charge on any atom is 0.418 e. The summed E-state index contributed by atoms with van der Waals surface area (Å²) in [5.41, 5.74) is 0.000706. The topological polar surface area (TPSA) is 78.5 Å². The second-order valence-electron chi connectivity index (χ2n) is 7.85. The zero-order valence-electron chi connectivity index (χ0n) is 18.3. The molecule has 0 saturated heterocycles. The fourth-order valence-electron chi connectivity index (χ4n) is 3.00. The first kappa shape index (κ1) is 24.9. The maximum absolute atomic E-state index is 13.1. The SMILES string of the molecule is Cc1ccc(C(=O)N[C@H](C(=O)N(C)CC(=O)Nc2ccccc2C(F)(F)F)C(C)C)cc1. The number of nitrogens with one attached hydrogen (secondary N) is 2. The molecule has 3 amide bonds. The molecule has 0 radical (unpaired) electrons. The summed E-state index contributed by atoms with van der Waals surface area (Å²) in [7, 11) is 1.35. The van der Waals surface area contributed by atoms with Crippen molar-refractivity contribution in [3.05, 3.63) is 65.2 Å². The van der Waals surface area contributed by atoms with Gasteiger partial charge in [0.15, 0.2) is 0 Å². The van der Waals surface area contributed by atoms with E-state index in [9.17, 15) is 27.6 Å². The Morgan fingerprint density at radius 3 is 2.16 bits per heavy atom. The van der Waals surface area contributed by atoms with Crippen molar-refractivity contribution >= 4 is 23.4 Å². The van der Waals surface area contributed by atoms with Crippen molar-refractivity contribution in [2.75, 3.05) is 18.9 Å². The second-order valence-corrected chi connectivity index (χ2v) is 7.85. The van der Waals surface area contributed by atoms with Gasteiger partial charge in [0.1, 0.15) is 6.04 Å². The van der Waals surface area contributed by atoms with Gasteiger partial charge in [0.05, 0.1) is 17.8 Å². The van der Waals surface area contributed by atoms with Gasteiger partial charge in [0.2, 0.25) is 11.8 Å². The van der Waals surface area contributed by atoms with E-state index >= 15 is 0 Å². The Kier molecular flexibility index (Phi) is 8.02. The van der Waals surface area contributed by atoms with E-state index in [0.717, 1.165) is 22.6 Å². The largest absolute Gasteiger partial charge is 0.418 e. The molecule has 9 heteroatoms. The quantitative estimate of drug-likeness (QED) is 0.674. The van der Waals surface area contributed by atoms with Crippen LogP contribution in [0.4, 0.5) is 18.9 Å². The number of benzene rings is 2. The third kappa shape index (κ3) is 6.57. The van der Waals surface area contributed by atoms with Gasteiger partial charge in [-0.25, -0.2) is 0 Å². The van der Waals surface area contributed by atoms with Gasteiger partial charge >= 0.3 is 6.18 Å². The molecule has 0 aromatic heterocycles. The van der Waals surface area contributed by atoms with E-state index in [4.69, 9.17) is 0 Å². The maximum atomic E-state index is 13.1. The number of hydrogen-bond donors (Lipinski definition) is 2. The predicted octanol–water partition coefficient (Wildman–Crippen LogP) is 3.87. The van der Waals surface area contributed by atoms with Crippen LogP contribution in [0.15, 0.2) is 48.5 Å². The summed E-state index contributed by atoms with van der Waals surface area (Å²) < 4.78 is 39.3.